The molecule has 0 aliphatic carbocycles. The summed E-state index contributed by atoms with van der Waals surface area (Å²) in [5.74, 6) is 0.413. The zero-order chi connectivity index (χ0) is 13.2. The predicted octanol–water partition coefficient (Wildman–Crippen LogP) is 2.49. The van der Waals surface area contributed by atoms with Crippen molar-refractivity contribution >= 4 is 17.5 Å². The van der Waals surface area contributed by atoms with Gasteiger partial charge in [-0.05, 0) is 26.7 Å². The summed E-state index contributed by atoms with van der Waals surface area (Å²) in [6.45, 7) is 10.3. The molecule has 96 valence electrons. The summed E-state index contributed by atoms with van der Waals surface area (Å²) in [6, 6.07) is -0.333. The Morgan fingerprint density at radius 1 is 1.41 bits per heavy atom. The molecule has 0 aromatic carbocycles. The first-order valence-corrected chi connectivity index (χ1v) is 6.21. The van der Waals surface area contributed by atoms with Crippen molar-refractivity contribution < 1.29 is 4.79 Å². The summed E-state index contributed by atoms with van der Waals surface area (Å²) >= 11 is 6.06. The van der Waals surface area contributed by atoms with Gasteiger partial charge in [0.1, 0.15) is 6.04 Å². The number of hydrogen-bond acceptors (Lipinski definition) is 2. The van der Waals surface area contributed by atoms with Gasteiger partial charge >= 0.3 is 0 Å². The normalized spacial score (nSPS) is 12.9. The van der Waals surface area contributed by atoms with Crippen LogP contribution in [0.2, 0.25) is 5.02 Å². The second-order valence-electron chi connectivity index (χ2n) is 4.74. The van der Waals surface area contributed by atoms with Crippen molar-refractivity contribution in [2.45, 2.75) is 40.7 Å². The molecule has 1 heterocycles. The fourth-order valence-corrected chi connectivity index (χ4v) is 1.71. The Morgan fingerprint density at radius 3 is 2.41 bits per heavy atom. The van der Waals surface area contributed by atoms with E-state index in [4.69, 9.17) is 11.6 Å². The highest BCUT2D eigenvalue weighted by atomic mass is 35.5. The Balaban J connectivity index is 2.78. The lowest BCUT2D eigenvalue weighted by molar-refractivity contribution is -0.124. The molecule has 0 spiro atoms. The summed E-state index contributed by atoms with van der Waals surface area (Å²) in [4.78, 5) is 11.9. The van der Waals surface area contributed by atoms with E-state index in [1.807, 2.05) is 20.8 Å². The third-order valence-corrected chi connectivity index (χ3v) is 3.21. The van der Waals surface area contributed by atoms with Gasteiger partial charge in [-0.3, -0.25) is 9.48 Å². The first-order chi connectivity index (χ1) is 7.84. The third-order valence-electron chi connectivity index (χ3n) is 2.67. The zero-order valence-electron chi connectivity index (χ0n) is 11.0. The molecule has 0 radical (unpaired) electrons. The zero-order valence-corrected chi connectivity index (χ0v) is 11.8. The van der Waals surface area contributed by atoms with Crippen LogP contribution in [0.1, 0.15) is 38.2 Å². The van der Waals surface area contributed by atoms with Crippen molar-refractivity contribution in [3.63, 3.8) is 0 Å². The Labute approximate surface area is 107 Å². The number of aryl methyl sites for hydroxylation is 1. The van der Waals surface area contributed by atoms with E-state index < -0.39 is 0 Å². The number of aromatic nitrogens is 2. The minimum Gasteiger partial charge on any atom is -0.354 e. The van der Waals surface area contributed by atoms with Crippen molar-refractivity contribution in [3.8, 4) is 0 Å². The second-order valence-corrected chi connectivity index (χ2v) is 5.12. The van der Waals surface area contributed by atoms with Crippen LogP contribution >= 0.6 is 11.6 Å². The van der Waals surface area contributed by atoms with E-state index in [0.29, 0.717) is 17.5 Å². The van der Waals surface area contributed by atoms with Crippen LogP contribution in [0.25, 0.3) is 0 Å². The van der Waals surface area contributed by atoms with E-state index in [9.17, 15) is 4.79 Å². The first-order valence-electron chi connectivity index (χ1n) is 5.83. The smallest absolute Gasteiger partial charge is 0.244 e. The van der Waals surface area contributed by atoms with Gasteiger partial charge in [-0.1, -0.05) is 25.4 Å². The van der Waals surface area contributed by atoms with Gasteiger partial charge in [0.05, 0.1) is 16.4 Å². The predicted molar refractivity (Wildman–Crippen MR) is 69.3 cm³/mol. The van der Waals surface area contributed by atoms with Gasteiger partial charge in [-0.2, -0.15) is 5.10 Å². The maximum absolute atomic E-state index is 11.9. The van der Waals surface area contributed by atoms with Crippen LogP contribution in [0.3, 0.4) is 0 Å². The highest BCUT2D eigenvalue weighted by Gasteiger charge is 2.20. The van der Waals surface area contributed by atoms with E-state index in [-0.39, 0.29) is 11.9 Å². The molecular weight excluding hydrogens is 238 g/mol. The molecule has 0 fully saturated rings. The van der Waals surface area contributed by atoms with E-state index in [0.717, 1.165) is 11.4 Å². The molecule has 0 bridgehead atoms. The average Bonchev–Trinajstić information content (AvgIpc) is 2.52. The van der Waals surface area contributed by atoms with Gasteiger partial charge < -0.3 is 5.32 Å². The first kappa shape index (κ1) is 14.0. The molecule has 5 heteroatoms. The fourth-order valence-electron chi connectivity index (χ4n) is 1.58. The van der Waals surface area contributed by atoms with Crippen LogP contribution in [0.4, 0.5) is 0 Å². The summed E-state index contributed by atoms with van der Waals surface area (Å²) in [5, 5.41) is 7.81. The molecule has 1 rings (SSSR count). The number of amides is 1. The Bertz CT molecular complexity index is 412. The summed E-state index contributed by atoms with van der Waals surface area (Å²) in [6.07, 6.45) is 0. The number of nitrogens with zero attached hydrogens (tertiary/aromatic N) is 2. The fraction of sp³-hybridized carbons (Fsp3) is 0.667. The van der Waals surface area contributed by atoms with E-state index in [2.05, 4.69) is 24.3 Å². The number of carbonyl (C=O) groups is 1. The molecule has 1 N–H and O–H groups in total. The standard InChI is InChI=1S/C12H20ClN3O/c1-7(2)6-14-12(17)10(5)16-9(4)11(13)8(3)15-16/h7,10H,6H2,1-5H3,(H,14,17). The molecule has 1 atom stereocenters. The Morgan fingerprint density at radius 2 is 2.00 bits per heavy atom. The van der Waals surface area contributed by atoms with E-state index in [1.165, 1.54) is 0 Å². The molecule has 4 nitrogen and oxygen atoms in total. The number of carbonyl (C=O) groups excluding carboxylic acids is 1. The van der Waals surface area contributed by atoms with Gasteiger partial charge in [-0.25, -0.2) is 0 Å². The van der Waals surface area contributed by atoms with Crippen LogP contribution in [-0.2, 0) is 4.79 Å². The molecule has 0 aliphatic heterocycles. The summed E-state index contributed by atoms with van der Waals surface area (Å²) in [5.41, 5.74) is 1.59. The summed E-state index contributed by atoms with van der Waals surface area (Å²) < 4.78 is 1.67. The van der Waals surface area contributed by atoms with Gasteiger partial charge in [0, 0.05) is 6.54 Å². The van der Waals surface area contributed by atoms with Crippen molar-refractivity contribution in [3.05, 3.63) is 16.4 Å². The number of hydrogen-bond donors (Lipinski definition) is 1. The molecule has 1 aromatic rings. The van der Waals surface area contributed by atoms with Crippen molar-refractivity contribution in [1.29, 1.82) is 0 Å². The second kappa shape index (κ2) is 5.54. The van der Waals surface area contributed by atoms with Crippen LogP contribution < -0.4 is 5.32 Å². The SMILES string of the molecule is Cc1nn(C(C)C(=O)NCC(C)C)c(C)c1Cl. The summed E-state index contributed by atoms with van der Waals surface area (Å²) in [7, 11) is 0. The molecule has 0 saturated carbocycles. The van der Waals surface area contributed by atoms with Crippen molar-refractivity contribution in [2.75, 3.05) is 6.54 Å². The van der Waals surface area contributed by atoms with Crippen LogP contribution in [0.5, 0.6) is 0 Å². The van der Waals surface area contributed by atoms with Crippen molar-refractivity contribution in [2.24, 2.45) is 5.92 Å². The minimum absolute atomic E-state index is 0.0269. The van der Waals surface area contributed by atoms with Gasteiger partial charge in [0.15, 0.2) is 0 Å². The van der Waals surface area contributed by atoms with E-state index >= 15 is 0 Å². The lowest BCUT2D eigenvalue weighted by Crippen LogP contribution is -2.34. The van der Waals surface area contributed by atoms with Crippen LogP contribution in [-0.4, -0.2) is 22.2 Å². The minimum atomic E-state index is -0.333. The maximum Gasteiger partial charge on any atom is 0.244 e. The number of halogens is 1. The van der Waals surface area contributed by atoms with E-state index in [1.54, 1.807) is 4.68 Å². The third kappa shape index (κ3) is 3.22. The van der Waals surface area contributed by atoms with Gasteiger partial charge in [0.2, 0.25) is 5.91 Å². The van der Waals surface area contributed by atoms with Crippen LogP contribution in [0, 0.1) is 19.8 Å². The molecule has 17 heavy (non-hydrogen) atoms. The molecule has 0 aliphatic rings. The average molecular weight is 258 g/mol. The Hall–Kier alpha value is -1.03. The molecule has 1 unspecified atom stereocenters. The monoisotopic (exact) mass is 257 g/mol. The quantitative estimate of drug-likeness (QED) is 0.901. The molecular formula is C12H20ClN3O. The van der Waals surface area contributed by atoms with Crippen LogP contribution in [0.15, 0.2) is 0 Å². The highest BCUT2D eigenvalue weighted by molar-refractivity contribution is 6.31. The van der Waals surface area contributed by atoms with Gasteiger partial charge in [0.25, 0.3) is 0 Å². The molecule has 1 aromatic heterocycles. The Kier molecular flexibility index (Phi) is 4.57. The lowest BCUT2D eigenvalue weighted by atomic mass is 10.2. The van der Waals surface area contributed by atoms with Gasteiger partial charge in [-0.15, -0.1) is 0 Å². The number of nitrogens with one attached hydrogen (secondary N) is 1. The maximum atomic E-state index is 11.9. The molecule has 0 saturated heterocycles. The van der Waals surface area contributed by atoms with Crippen molar-refractivity contribution in [1.82, 2.24) is 15.1 Å². The topological polar surface area (TPSA) is 46.9 Å². The number of rotatable bonds is 4. The molecule has 1 amide bonds. The largest absolute Gasteiger partial charge is 0.354 e. The highest BCUT2D eigenvalue weighted by Crippen LogP contribution is 2.22. The lowest BCUT2D eigenvalue weighted by Gasteiger charge is -2.15.